The van der Waals surface area contributed by atoms with E-state index in [1.807, 2.05) is 55.5 Å². The second-order valence-corrected chi connectivity index (χ2v) is 6.21. The van der Waals surface area contributed by atoms with Gasteiger partial charge in [-0.15, -0.1) is 0 Å². The highest BCUT2D eigenvalue weighted by molar-refractivity contribution is 9.10. The van der Waals surface area contributed by atoms with Crippen molar-refractivity contribution in [3.63, 3.8) is 0 Å². The molecule has 1 aliphatic heterocycles. The van der Waals surface area contributed by atoms with Crippen molar-refractivity contribution in [2.24, 2.45) is 0 Å². The van der Waals surface area contributed by atoms with Crippen LogP contribution in [0.15, 0.2) is 65.2 Å². The molecule has 1 aliphatic rings. The number of aryl methyl sites for hydroxylation is 1. The van der Waals surface area contributed by atoms with E-state index in [1.54, 1.807) is 0 Å². The number of benzene rings is 2. The van der Waals surface area contributed by atoms with Crippen LogP contribution in [0.4, 0.5) is 0 Å². The zero-order chi connectivity index (χ0) is 15.0. The van der Waals surface area contributed by atoms with E-state index >= 15 is 0 Å². The lowest BCUT2D eigenvalue weighted by Crippen LogP contribution is -2.07. The van der Waals surface area contributed by atoms with Gasteiger partial charge in [0.2, 0.25) is 0 Å². The SMILES string of the molecule is C=C1C(=O)O[C@H](c2ccc(C)cc2)[C@@H]1c1cccc(Br)c1. The predicted molar refractivity (Wildman–Crippen MR) is 86.0 cm³/mol. The van der Waals surface area contributed by atoms with E-state index in [-0.39, 0.29) is 18.0 Å². The first-order valence-corrected chi connectivity index (χ1v) is 7.57. The summed E-state index contributed by atoms with van der Waals surface area (Å²) in [6.07, 6.45) is -0.306. The van der Waals surface area contributed by atoms with Crippen LogP contribution in [0.3, 0.4) is 0 Å². The molecule has 1 fully saturated rings. The zero-order valence-electron chi connectivity index (χ0n) is 11.7. The first-order valence-electron chi connectivity index (χ1n) is 6.78. The van der Waals surface area contributed by atoms with Crippen LogP contribution in [-0.2, 0) is 9.53 Å². The maximum absolute atomic E-state index is 12.0. The number of carbonyl (C=O) groups excluding carboxylic acids is 1. The van der Waals surface area contributed by atoms with Crippen molar-refractivity contribution >= 4 is 21.9 Å². The van der Waals surface area contributed by atoms with Gasteiger partial charge in [-0.05, 0) is 30.2 Å². The minimum absolute atomic E-state index is 0.141. The Hall–Kier alpha value is -1.87. The number of ether oxygens (including phenoxy) is 1. The second kappa shape index (κ2) is 5.49. The summed E-state index contributed by atoms with van der Waals surface area (Å²) in [5.74, 6) is -0.455. The first kappa shape index (κ1) is 14.1. The molecule has 1 saturated heterocycles. The van der Waals surface area contributed by atoms with Crippen molar-refractivity contribution in [1.82, 2.24) is 0 Å². The molecule has 0 unspecified atom stereocenters. The lowest BCUT2D eigenvalue weighted by atomic mass is 9.86. The van der Waals surface area contributed by atoms with Crippen LogP contribution in [-0.4, -0.2) is 5.97 Å². The molecule has 0 radical (unpaired) electrons. The highest BCUT2D eigenvalue weighted by Crippen LogP contribution is 2.45. The van der Waals surface area contributed by atoms with Gasteiger partial charge in [0.15, 0.2) is 0 Å². The number of rotatable bonds is 2. The minimum atomic E-state index is -0.314. The van der Waals surface area contributed by atoms with Gasteiger partial charge in [0.1, 0.15) is 6.10 Å². The number of carbonyl (C=O) groups is 1. The highest BCUT2D eigenvalue weighted by atomic mass is 79.9. The van der Waals surface area contributed by atoms with Crippen LogP contribution in [0.1, 0.15) is 28.7 Å². The molecule has 1 heterocycles. The first-order chi connectivity index (χ1) is 10.1. The van der Waals surface area contributed by atoms with Crippen LogP contribution in [0, 0.1) is 6.92 Å². The molecule has 2 atom stereocenters. The molecule has 0 aromatic heterocycles. The van der Waals surface area contributed by atoms with Crippen molar-refractivity contribution in [1.29, 1.82) is 0 Å². The molecular weight excluding hydrogens is 328 g/mol. The molecule has 2 nitrogen and oxygen atoms in total. The summed E-state index contributed by atoms with van der Waals surface area (Å²) in [5, 5.41) is 0. The molecule has 2 aromatic carbocycles. The number of halogens is 1. The predicted octanol–water partition coefficient (Wildman–Crippen LogP) is 4.70. The van der Waals surface area contributed by atoms with E-state index in [2.05, 4.69) is 22.5 Å². The third-order valence-corrected chi connectivity index (χ3v) is 4.28. The summed E-state index contributed by atoms with van der Waals surface area (Å²) < 4.78 is 6.53. The fraction of sp³-hybridized carbons (Fsp3) is 0.167. The molecule has 3 heteroatoms. The Kier molecular flexibility index (Phi) is 3.68. The number of hydrogen-bond acceptors (Lipinski definition) is 2. The van der Waals surface area contributed by atoms with Crippen molar-refractivity contribution < 1.29 is 9.53 Å². The topological polar surface area (TPSA) is 26.3 Å². The Morgan fingerprint density at radius 2 is 1.81 bits per heavy atom. The van der Waals surface area contributed by atoms with Crippen molar-refractivity contribution in [3.05, 3.63) is 81.8 Å². The normalized spacial score (nSPS) is 21.4. The Bertz CT molecular complexity index is 703. The van der Waals surface area contributed by atoms with E-state index in [1.165, 1.54) is 5.56 Å². The highest BCUT2D eigenvalue weighted by Gasteiger charge is 2.40. The summed E-state index contributed by atoms with van der Waals surface area (Å²) in [5.41, 5.74) is 3.72. The molecule has 2 aromatic rings. The van der Waals surface area contributed by atoms with Crippen LogP contribution in [0.5, 0.6) is 0 Å². The van der Waals surface area contributed by atoms with Crippen LogP contribution < -0.4 is 0 Å². The number of cyclic esters (lactones) is 1. The van der Waals surface area contributed by atoms with Gasteiger partial charge in [-0.1, -0.05) is 64.5 Å². The van der Waals surface area contributed by atoms with Crippen molar-refractivity contribution in [2.75, 3.05) is 0 Å². The van der Waals surface area contributed by atoms with Gasteiger partial charge in [0, 0.05) is 10.0 Å². The Balaban J connectivity index is 2.04. The number of hydrogen-bond donors (Lipinski definition) is 0. The molecule has 0 saturated carbocycles. The molecule has 106 valence electrons. The summed E-state index contributed by atoms with van der Waals surface area (Å²) in [4.78, 5) is 12.0. The monoisotopic (exact) mass is 342 g/mol. The average molecular weight is 343 g/mol. The lowest BCUT2D eigenvalue weighted by molar-refractivity contribution is -0.139. The van der Waals surface area contributed by atoms with Gasteiger partial charge in [0.25, 0.3) is 0 Å². The standard InChI is InChI=1S/C18H15BrO2/c1-11-6-8-13(9-7-11)17-16(12(2)18(20)21-17)14-4-3-5-15(19)10-14/h3-10,16-17H,2H2,1H3/t16-,17+/m0/s1. The molecule has 21 heavy (non-hydrogen) atoms. The third kappa shape index (κ3) is 2.66. The zero-order valence-corrected chi connectivity index (χ0v) is 13.3. The van der Waals surface area contributed by atoms with Gasteiger partial charge in [-0.2, -0.15) is 0 Å². The fourth-order valence-electron chi connectivity index (χ4n) is 2.66. The molecule has 3 rings (SSSR count). The average Bonchev–Trinajstić information content (AvgIpc) is 2.76. The van der Waals surface area contributed by atoms with Gasteiger partial charge in [-0.3, -0.25) is 0 Å². The summed E-state index contributed by atoms with van der Waals surface area (Å²) in [6.45, 7) is 5.96. The molecular formula is C18H15BrO2. The molecule has 0 spiro atoms. The Labute approximate surface area is 132 Å². The quantitative estimate of drug-likeness (QED) is 0.584. The van der Waals surface area contributed by atoms with E-state index < -0.39 is 0 Å². The Morgan fingerprint density at radius 1 is 1.10 bits per heavy atom. The van der Waals surface area contributed by atoms with Gasteiger partial charge in [-0.25, -0.2) is 4.79 Å². The lowest BCUT2D eigenvalue weighted by Gasteiger charge is -2.19. The van der Waals surface area contributed by atoms with E-state index in [0.717, 1.165) is 15.6 Å². The van der Waals surface area contributed by atoms with Crippen molar-refractivity contribution in [3.8, 4) is 0 Å². The second-order valence-electron chi connectivity index (χ2n) is 5.29. The number of esters is 1. The third-order valence-electron chi connectivity index (χ3n) is 3.79. The largest absolute Gasteiger partial charge is 0.453 e. The van der Waals surface area contributed by atoms with E-state index in [0.29, 0.717) is 5.57 Å². The summed E-state index contributed by atoms with van der Waals surface area (Å²) in [7, 11) is 0. The smallest absolute Gasteiger partial charge is 0.334 e. The molecule has 0 aliphatic carbocycles. The fourth-order valence-corrected chi connectivity index (χ4v) is 3.08. The Morgan fingerprint density at radius 3 is 2.48 bits per heavy atom. The summed E-state index contributed by atoms with van der Waals surface area (Å²) in [6, 6.07) is 16.0. The van der Waals surface area contributed by atoms with Crippen LogP contribution >= 0.6 is 15.9 Å². The maximum Gasteiger partial charge on any atom is 0.334 e. The van der Waals surface area contributed by atoms with Crippen molar-refractivity contribution in [2.45, 2.75) is 18.9 Å². The van der Waals surface area contributed by atoms with E-state index in [9.17, 15) is 4.79 Å². The molecule has 0 N–H and O–H groups in total. The van der Waals surface area contributed by atoms with Crippen LogP contribution in [0.25, 0.3) is 0 Å². The van der Waals surface area contributed by atoms with Gasteiger partial charge in [0.05, 0.1) is 5.92 Å². The van der Waals surface area contributed by atoms with Crippen LogP contribution in [0.2, 0.25) is 0 Å². The van der Waals surface area contributed by atoms with Gasteiger partial charge < -0.3 is 4.74 Å². The molecule has 0 amide bonds. The summed E-state index contributed by atoms with van der Waals surface area (Å²) >= 11 is 3.47. The molecule has 0 bridgehead atoms. The minimum Gasteiger partial charge on any atom is -0.453 e. The van der Waals surface area contributed by atoms with Gasteiger partial charge >= 0.3 is 5.97 Å². The maximum atomic E-state index is 12.0. The van der Waals surface area contributed by atoms with E-state index in [4.69, 9.17) is 4.74 Å².